The SMILES string of the molecule is CCOc1ccc2[nH]cc(C)c2c1. The number of H-pyrrole nitrogens is 1. The van der Waals surface area contributed by atoms with Crippen molar-refractivity contribution < 1.29 is 4.74 Å². The Morgan fingerprint density at radius 3 is 3.00 bits per heavy atom. The molecule has 13 heavy (non-hydrogen) atoms. The molecule has 0 aliphatic rings. The van der Waals surface area contributed by atoms with Crippen LogP contribution in [0.4, 0.5) is 0 Å². The van der Waals surface area contributed by atoms with Gasteiger partial charge in [-0.3, -0.25) is 0 Å². The van der Waals surface area contributed by atoms with Gasteiger partial charge < -0.3 is 9.72 Å². The molecule has 0 bridgehead atoms. The van der Waals surface area contributed by atoms with Crippen LogP contribution in [-0.4, -0.2) is 11.6 Å². The Morgan fingerprint density at radius 1 is 1.38 bits per heavy atom. The highest BCUT2D eigenvalue weighted by atomic mass is 16.5. The lowest BCUT2D eigenvalue weighted by Gasteiger charge is -2.02. The standard InChI is InChI=1S/C11H13NO/c1-3-13-9-4-5-11-10(6-9)8(2)7-12-11/h4-7,12H,3H2,1-2H3. The molecule has 0 spiro atoms. The summed E-state index contributed by atoms with van der Waals surface area (Å²) in [5.74, 6) is 0.942. The highest BCUT2D eigenvalue weighted by molar-refractivity contribution is 5.84. The Kier molecular flexibility index (Phi) is 1.97. The first-order chi connectivity index (χ1) is 6.31. The lowest BCUT2D eigenvalue weighted by Crippen LogP contribution is -1.90. The number of nitrogens with one attached hydrogen (secondary N) is 1. The van der Waals surface area contributed by atoms with E-state index in [0.29, 0.717) is 0 Å². The van der Waals surface area contributed by atoms with Crippen molar-refractivity contribution in [1.82, 2.24) is 4.98 Å². The third-order valence-corrected chi connectivity index (χ3v) is 2.17. The van der Waals surface area contributed by atoms with Crippen molar-refractivity contribution in [3.05, 3.63) is 30.0 Å². The zero-order valence-electron chi connectivity index (χ0n) is 7.92. The maximum absolute atomic E-state index is 5.42. The van der Waals surface area contributed by atoms with Crippen LogP contribution >= 0.6 is 0 Å². The summed E-state index contributed by atoms with van der Waals surface area (Å²) >= 11 is 0. The Balaban J connectivity index is 2.53. The summed E-state index contributed by atoms with van der Waals surface area (Å²) < 4.78 is 5.42. The molecule has 0 aliphatic carbocycles. The van der Waals surface area contributed by atoms with E-state index in [1.54, 1.807) is 0 Å². The molecule has 1 aromatic carbocycles. The van der Waals surface area contributed by atoms with Gasteiger partial charge in [-0.05, 0) is 37.6 Å². The van der Waals surface area contributed by atoms with Crippen LogP contribution < -0.4 is 4.74 Å². The molecule has 0 saturated carbocycles. The molecule has 0 atom stereocenters. The molecular formula is C11H13NO. The average molecular weight is 175 g/mol. The zero-order valence-corrected chi connectivity index (χ0v) is 7.92. The molecule has 0 radical (unpaired) electrons. The second kappa shape index (κ2) is 3.13. The molecule has 68 valence electrons. The molecule has 0 saturated heterocycles. The number of benzene rings is 1. The topological polar surface area (TPSA) is 25.0 Å². The minimum Gasteiger partial charge on any atom is -0.494 e. The van der Waals surface area contributed by atoms with Crippen molar-refractivity contribution in [2.24, 2.45) is 0 Å². The van der Waals surface area contributed by atoms with Gasteiger partial charge in [0.2, 0.25) is 0 Å². The van der Waals surface area contributed by atoms with Gasteiger partial charge in [0.1, 0.15) is 5.75 Å². The monoisotopic (exact) mass is 175 g/mol. The Morgan fingerprint density at radius 2 is 2.23 bits per heavy atom. The van der Waals surface area contributed by atoms with E-state index in [2.05, 4.69) is 18.0 Å². The third-order valence-electron chi connectivity index (χ3n) is 2.17. The summed E-state index contributed by atoms with van der Waals surface area (Å²) in [6, 6.07) is 6.11. The van der Waals surface area contributed by atoms with Crippen LogP contribution in [0, 0.1) is 6.92 Å². The number of hydrogen-bond donors (Lipinski definition) is 1. The van der Waals surface area contributed by atoms with Gasteiger partial charge in [-0.1, -0.05) is 0 Å². The van der Waals surface area contributed by atoms with Gasteiger partial charge in [-0.2, -0.15) is 0 Å². The minimum absolute atomic E-state index is 0.717. The number of aryl methyl sites for hydroxylation is 1. The van der Waals surface area contributed by atoms with Gasteiger partial charge in [-0.25, -0.2) is 0 Å². The van der Waals surface area contributed by atoms with E-state index >= 15 is 0 Å². The van der Waals surface area contributed by atoms with Crippen LogP contribution in [0.15, 0.2) is 24.4 Å². The first-order valence-electron chi connectivity index (χ1n) is 4.52. The summed E-state index contributed by atoms with van der Waals surface area (Å²) in [7, 11) is 0. The second-order valence-corrected chi connectivity index (χ2v) is 3.11. The van der Waals surface area contributed by atoms with Gasteiger partial charge in [0, 0.05) is 17.1 Å². The van der Waals surface area contributed by atoms with Gasteiger partial charge in [-0.15, -0.1) is 0 Å². The van der Waals surface area contributed by atoms with Crippen LogP contribution in [0.5, 0.6) is 5.75 Å². The van der Waals surface area contributed by atoms with Gasteiger partial charge in [0.25, 0.3) is 0 Å². The fraction of sp³-hybridized carbons (Fsp3) is 0.273. The summed E-state index contributed by atoms with van der Waals surface area (Å²) in [4.78, 5) is 3.20. The molecular weight excluding hydrogens is 162 g/mol. The molecule has 0 unspecified atom stereocenters. The molecule has 2 heteroatoms. The molecule has 1 N–H and O–H groups in total. The van der Waals surface area contributed by atoms with Crippen LogP contribution in [0.2, 0.25) is 0 Å². The number of aromatic nitrogens is 1. The molecule has 0 fully saturated rings. The maximum atomic E-state index is 5.42. The second-order valence-electron chi connectivity index (χ2n) is 3.11. The number of fused-ring (bicyclic) bond motifs is 1. The summed E-state index contributed by atoms with van der Waals surface area (Å²) in [5.41, 5.74) is 2.43. The first kappa shape index (κ1) is 8.17. The largest absolute Gasteiger partial charge is 0.494 e. The van der Waals surface area contributed by atoms with Gasteiger partial charge in [0.15, 0.2) is 0 Å². The fourth-order valence-electron chi connectivity index (χ4n) is 1.50. The number of hydrogen-bond acceptors (Lipinski definition) is 1. The van der Waals surface area contributed by atoms with Crippen LogP contribution in [0.1, 0.15) is 12.5 Å². The fourth-order valence-corrected chi connectivity index (χ4v) is 1.50. The van der Waals surface area contributed by atoms with E-state index in [0.717, 1.165) is 12.4 Å². The lowest BCUT2D eigenvalue weighted by atomic mass is 10.2. The molecule has 0 amide bonds. The Bertz CT molecular complexity index is 417. The molecule has 1 heterocycles. The zero-order chi connectivity index (χ0) is 9.26. The molecule has 1 aromatic heterocycles. The normalized spacial score (nSPS) is 10.6. The third kappa shape index (κ3) is 1.39. The van der Waals surface area contributed by atoms with Crippen molar-refractivity contribution in [2.75, 3.05) is 6.61 Å². The number of rotatable bonds is 2. The van der Waals surface area contributed by atoms with Gasteiger partial charge in [0.05, 0.1) is 6.61 Å². The van der Waals surface area contributed by atoms with E-state index < -0.39 is 0 Å². The maximum Gasteiger partial charge on any atom is 0.120 e. The van der Waals surface area contributed by atoms with Gasteiger partial charge >= 0.3 is 0 Å². The Hall–Kier alpha value is -1.44. The van der Waals surface area contributed by atoms with Crippen LogP contribution in [-0.2, 0) is 0 Å². The highest BCUT2D eigenvalue weighted by Gasteiger charge is 2.00. The molecule has 2 rings (SSSR count). The summed E-state index contributed by atoms with van der Waals surface area (Å²) in [5, 5.41) is 1.24. The van der Waals surface area contributed by atoms with E-state index in [4.69, 9.17) is 4.74 Å². The molecule has 2 nitrogen and oxygen atoms in total. The highest BCUT2D eigenvalue weighted by Crippen LogP contribution is 2.22. The molecule has 2 aromatic rings. The van der Waals surface area contributed by atoms with Crippen LogP contribution in [0.3, 0.4) is 0 Å². The predicted octanol–water partition coefficient (Wildman–Crippen LogP) is 2.88. The van der Waals surface area contributed by atoms with Crippen molar-refractivity contribution >= 4 is 10.9 Å². The average Bonchev–Trinajstić information content (AvgIpc) is 2.49. The quantitative estimate of drug-likeness (QED) is 0.745. The van der Waals surface area contributed by atoms with Crippen molar-refractivity contribution in [3.8, 4) is 5.75 Å². The minimum atomic E-state index is 0.717. The lowest BCUT2D eigenvalue weighted by molar-refractivity contribution is 0.340. The predicted molar refractivity (Wildman–Crippen MR) is 54.2 cm³/mol. The van der Waals surface area contributed by atoms with Crippen molar-refractivity contribution in [2.45, 2.75) is 13.8 Å². The van der Waals surface area contributed by atoms with E-state index in [9.17, 15) is 0 Å². The summed E-state index contributed by atoms with van der Waals surface area (Å²) in [6.45, 7) is 4.80. The van der Waals surface area contributed by atoms with Crippen molar-refractivity contribution in [3.63, 3.8) is 0 Å². The first-order valence-corrected chi connectivity index (χ1v) is 4.52. The number of ether oxygens (including phenoxy) is 1. The Labute approximate surface area is 77.5 Å². The van der Waals surface area contributed by atoms with Crippen LogP contribution in [0.25, 0.3) is 10.9 Å². The van der Waals surface area contributed by atoms with E-state index in [1.807, 2.05) is 25.3 Å². The van der Waals surface area contributed by atoms with Crippen molar-refractivity contribution in [1.29, 1.82) is 0 Å². The number of aromatic amines is 1. The van der Waals surface area contributed by atoms with E-state index in [-0.39, 0.29) is 0 Å². The van der Waals surface area contributed by atoms with E-state index in [1.165, 1.54) is 16.5 Å². The summed E-state index contributed by atoms with van der Waals surface area (Å²) in [6.07, 6.45) is 2.01. The molecule has 0 aliphatic heterocycles. The smallest absolute Gasteiger partial charge is 0.120 e.